The van der Waals surface area contributed by atoms with E-state index in [1.807, 2.05) is 31.2 Å². The molecule has 1 aliphatic rings. The van der Waals surface area contributed by atoms with Crippen molar-refractivity contribution in [2.45, 2.75) is 63.3 Å². The number of carboxylic acids is 1. The summed E-state index contributed by atoms with van der Waals surface area (Å²) in [7, 11) is 0. The predicted octanol–water partition coefficient (Wildman–Crippen LogP) is 6.27. The van der Waals surface area contributed by atoms with E-state index in [-0.39, 0.29) is 37.6 Å². The summed E-state index contributed by atoms with van der Waals surface area (Å²) in [5.41, 5.74) is 2.84. The number of aliphatic carboxylic acids is 1. The Kier molecular flexibility index (Phi) is 11.2. The number of carbonyl (C=O) groups is 3. The van der Waals surface area contributed by atoms with Gasteiger partial charge in [0.1, 0.15) is 18.2 Å². The second-order valence-electron chi connectivity index (χ2n) is 10.4. The Morgan fingerprint density at radius 1 is 1.00 bits per heavy atom. The SMILES string of the molecule is CCCC(C(=O)NCCCC(=O)O)N1C(=O)C(Cc2ccc(C#N)cc2)OC(c2ccc(Cl)cc2)C1c1ccc(Cl)cc1. The highest BCUT2D eigenvalue weighted by atomic mass is 35.5. The maximum absolute atomic E-state index is 14.4. The van der Waals surface area contributed by atoms with Gasteiger partial charge < -0.3 is 20.1 Å². The molecule has 0 saturated carbocycles. The highest BCUT2D eigenvalue weighted by Gasteiger charge is 2.48. The second kappa shape index (κ2) is 15.0. The van der Waals surface area contributed by atoms with Crippen LogP contribution in [-0.2, 0) is 25.5 Å². The second-order valence-corrected chi connectivity index (χ2v) is 11.3. The summed E-state index contributed by atoms with van der Waals surface area (Å²) in [4.78, 5) is 40.8. The minimum atomic E-state index is -0.943. The maximum atomic E-state index is 14.4. The van der Waals surface area contributed by atoms with Crippen molar-refractivity contribution in [2.75, 3.05) is 6.54 Å². The van der Waals surface area contributed by atoms with E-state index in [2.05, 4.69) is 11.4 Å². The maximum Gasteiger partial charge on any atom is 0.303 e. The zero-order chi connectivity index (χ0) is 30.9. The van der Waals surface area contributed by atoms with Crippen molar-refractivity contribution in [1.82, 2.24) is 10.2 Å². The first-order chi connectivity index (χ1) is 20.7. The van der Waals surface area contributed by atoms with E-state index in [1.54, 1.807) is 53.4 Å². The first-order valence-corrected chi connectivity index (χ1v) is 14.9. The number of amides is 2. The van der Waals surface area contributed by atoms with Gasteiger partial charge in [0.2, 0.25) is 5.91 Å². The molecule has 4 rings (SSSR count). The molecule has 1 heterocycles. The fourth-order valence-corrected chi connectivity index (χ4v) is 5.57. The largest absolute Gasteiger partial charge is 0.481 e. The first-order valence-electron chi connectivity index (χ1n) is 14.2. The number of halogens is 2. The summed E-state index contributed by atoms with van der Waals surface area (Å²) in [5.74, 6) is -1.64. The lowest BCUT2D eigenvalue weighted by atomic mass is 9.88. The monoisotopic (exact) mass is 621 g/mol. The van der Waals surface area contributed by atoms with Gasteiger partial charge in [-0.05, 0) is 65.9 Å². The number of ether oxygens (including phenoxy) is 1. The Morgan fingerprint density at radius 3 is 2.16 bits per heavy atom. The molecular formula is C33H33Cl2N3O5. The molecule has 2 N–H and O–H groups in total. The van der Waals surface area contributed by atoms with E-state index < -0.39 is 30.3 Å². The zero-order valence-corrected chi connectivity index (χ0v) is 25.2. The van der Waals surface area contributed by atoms with E-state index >= 15 is 0 Å². The van der Waals surface area contributed by atoms with Crippen LogP contribution in [0.1, 0.15) is 67.0 Å². The predicted molar refractivity (Wildman–Crippen MR) is 164 cm³/mol. The minimum Gasteiger partial charge on any atom is -0.481 e. The number of nitrogens with one attached hydrogen (secondary N) is 1. The summed E-state index contributed by atoms with van der Waals surface area (Å²) < 4.78 is 6.62. The third kappa shape index (κ3) is 8.14. The van der Waals surface area contributed by atoms with Crippen LogP contribution < -0.4 is 5.32 Å². The van der Waals surface area contributed by atoms with Crippen molar-refractivity contribution in [3.05, 3.63) is 105 Å². The third-order valence-corrected chi connectivity index (χ3v) is 7.91. The van der Waals surface area contributed by atoms with Gasteiger partial charge in [0.05, 0.1) is 17.7 Å². The number of rotatable bonds is 12. The molecule has 3 aromatic carbocycles. The minimum absolute atomic E-state index is 0.0755. The summed E-state index contributed by atoms with van der Waals surface area (Å²) >= 11 is 12.4. The van der Waals surface area contributed by atoms with E-state index in [4.69, 9.17) is 33.0 Å². The van der Waals surface area contributed by atoms with E-state index in [0.717, 1.165) is 16.7 Å². The Hall–Kier alpha value is -3.90. The first kappa shape index (κ1) is 32.0. The topological polar surface area (TPSA) is 120 Å². The Balaban J connectivity index is 1.79. The van der Waals surface area contributed by atoms with Crippen molar-refractivity contribution < 1.29 is 24.2 Å². The van der Waals surface area contributed by atoms with Crippen LogP contribution in [0.25, 0.3) is 0 Å². The molecule has 0 radical (unpaired) electrons. The molecule has 0 spiro atoms. The number of morpholine rings is 1. The molecule has 3 aromatic rings. The van der Waals surface area contributed by atoms with Gasteiger partial charge in [-0.2, -0.15) is 5.26 Å². The van der Waals surface area contributed by atoms with Crippen LogP contribution in [0, 0.1) is 11.3 Å². The lowest BCUT2D eigenvalue weighted by Crippen LogP contribution is -2.59. The van der Waals surface area contributed by atoms with Crippen LogP contribution in [0.2, 0.25) is 10.0 Å². The molecule has 4 atom stereocenters. The zero-order valence-electron chi connectivity index (χ0n) is 23.7. The van der Waals surface area contributed by atoms with Crippen molar-refractivity contribution >= 4 is 41.0 Å². The van der Waals surface area contributed by atoms with Crippen LogP contribution in [0.5, 0.6) is 0 Å². The summed E-state index contributed by atoms with van der Waals surface area (Å²) in [5, 5.41) is 22.2. The van der Waals surface area contributed by atoms with Crippen LogP contribution in [0.3, 0.4) is 0 Å². The molecular weight excluding hydrogens is 589 g/mol. The fraction of sp³-hybridized carbons (Fsp3) is 0.333. The van der Waals surface area contributed by atoms with Crippen molar-refractivity contribution in [1.29, 1.82) is 5.26 Å². The van der Waals surface area contributed by atoms with Gasteiger partial charge in [0.15, 0.2) is 0 Å². The molecule has 0 bridgehead atoms. The molecule has 1 saturated heterocycles. The Labute approximate surface area is 261 Å². The van der Waals surface area contributed by atoms with Crippen molar-refractivity contribution in [3.8, 4) is 6.07 Å². The molecule has 1 fully saturated rings. The number of nitrogens with zero attached hydrogens (tertiary/aromatic N) is 2. The molecule has 43 heavy (non-hydrogen) atoms. The summed E-state index contributed by atoms with van der Waals surface area (Å²) in [6, 6.07) is 21.9. The third-order valence-electron chi connectivity index (χ3n) is 7.41. The van der Waals surface area contributed by atoms with Gasteiger partial charge in [-0.25, -0.2) is 0 Å². The van der Waals surface area contributed by atoms with Crippen molar-refractivity contribution in [2.24, 2.45) is 0 Å². The standard InChI is InChI=1S/C33H33Cl2N3O5/c1-2-4-27(32(41)37-18-3-5-29(39)40)38-30(23-10-14-25(34)15-11-23)31(24-12-16-26(35)17-13-24)43-28(33(38)42)19-21-6-8-22(20-36)9-7-21/h6-17,27-28,30-31H,2-5,18-19H2,1H3,(H,37,41)(H,39,40). The lowest BCUT2D eigenvalue weighted by Gasteiger charge is -2.47. The lowest BCUT2D eigenvalue weighted by molar-refractivity contribution is -0.181. The smallest absolute Gasteiger partial charge is 0.303 e. The average Bonchev–Trinajstić information content (AvgIpc) is 3.00. The average molecular weight is 623 g/mol. The van der Waals surface area contributed by atoms with E-state index in [1.165, 1.54) is 0 Å². The number of carbonyl (C=O) groups excluding carboxylic acids is 2. The van der Waals surface area contributed by atoms with Crippen LogP contribution in [-0.4, -0.2) is 46.5 Å². The van der Waals surface area contributed by atoms with Gasteiger partial charge in [0, 0.05) is 29.4 Å². The fourth-order valence-electron chi connectivity index (χ4n) is 5.32. The summed E-state index contributed by atoms with van der Waals surface area (Å²) in [6.45, 7) is 2.11. The van der Waals surface area contributed by atoms with E-state index in [9.17, 15) is 19.6 Å². The number of nitriles is 1. The molecule has 0 aliphatic carbocycles. The number of hydrogen-bond acceptors (Lipinski definition) is 5. The van der Waals surface area contributed by atoms with Crippen LogP contribution in [0.15, 0.2) is 72.8 Å². The van der Waals surface area contributed by atoms with Gasteiger partial charge in [-0.3, -0.25) is 14.4 Å². The molecule has 10 heteroatoms. The molecule has 0 aromatic heterocycles. The highest BCUT2D eigenvalue weighted by molar-refractivity contribution is 6.30. The highest BCUT2D eigenvalue weighted by Crippen LogP contribution is 2.44. The van der Waals surface area contributed by atoms with Gasteiger partial charge >= 0.3 is 5.97 Å². The Bertz CT molecular complexity index is 1460. The molecule has 2 amide bonds. The molecule has 8 nitrogen and oxygen atoms in total. The van der Waals surface area contributed by atoms with Gasteiger partial charge in [0.25, 0.3) is 5.91 Å². The van der Waals surface area contributed by atoms with Crippen molar-refractivity contribution in [3.63, 3.8) is 0 Å². The number of carboxylic acid groups (broad SMARTS) is 1. The summed E-state index contributed by atoms with van der Waals surface area (Å²) in [6.07, 6.45) is -0.137. The molecule has 224 valence electrons. The van der Waals surface area contributed by atoms with Crippen LogP contribution in [0.4, 0.5) is 0 Å². The van der Waals surface area contributed by atoms with Crippen LogP contribution >= 0.6 is 23.2 Å². The number of hydrogen-bond donors (Lipinski definition) is 2. The van der Waals surface area contributed by atoms with Gasteiger partial charge in [-0.15, -0.1) is 0 Å². The normalized spacial score (nSPS) is 19.0. The quantitative estimate of drug-likeness (QED) is 0.230. The van der Waals surface area contributed by atoms with E-state index in [0.29, 0.717) is 28.5 Å². The molecule has 4 unspecified atom stereocenters. The Morgan fingerprint density at radius 2 is 1.60 bits per heavy atom. The number of benzene rings is 3. The molecule has 1 aliphatic heterocycles. The van der Waals surface area contributed by atoms with Gasteiger partial charge in [-0.1, -0.05) is 72.9 Å².